The Hall–Kier alpha value is -2.08. The molecule has 2 fully saturated rings. The van der Waals surface area contributed by atoms with Gasteiger partial charge >= 0.3 is 0 Å². The lowest BCUT2D eigenvalue weighted by molar-refractivity contribution is -0.125. The third kappa shape index (κ3) is 5.70. The summed E-state index contributed by atoms with van der Waals surface area (Å²) in [6, 6.07) is 7.36. The van der Waals surface area contributed by atoms with Crippen molar-refractivity contribution in [3.63, 3.8) is 0 Å². The third-order valence-electron chi connectivity index (χ3n) is 5.59. The lowest BCUT2D eigenvalue weighted by Crippen LogP contribution is -2.46. The molecule has 0 unspecified atom stereocenters. The van der Waals surface area contributed by atoms with Gasteiger partial charge in [0.2, 0.25) is 11.8 Å². The number of amides is 2. The fraction of sp³-hybridized carbons (Fsp3) is 0.619. The summed E-state index contributed by atoms with van der Waals surface area (Å²) in [6.45, 7) is 1.09. The zero-order valence-electron chi connectivity index (χ0n) is 16.2. The van der Waals surface area contributed by atoms with Crippen LogP contribution < -0.4 is 15.4 Å². The van der Waals surface area contributed by atoms with Crippen molar-refractivity contribution in [3.05, 3.63) is 24.3 Å². The lowest BCUT2D eigenvalue weighted by Gasteiger charge is -2.24. The Morgan fingerprint density at radius 3 is 2.41 bits per heavy atom. The van der Waals surface area contributed by atoms with E-state index in [1.807, 2.05) is 29.2 Å². The largest absolute Gasteiger partial charge is 0.497 e. The van der Waals surface area contributed by atoms with Gasteiger partial charge in [-0.2, -0.15) is 0 Å². The minimum atomic E-state index is -0.244. The first-order valence-electron chi connectivity index (χ1n) is 10.1. The molecule has 6 heteroatoms. The molecule has 1 heterocycles. The normalized spacial score (nSPS) is 21.4. The molecule has 0 radical (unpaired) electrons. The van der Waals surface area contributed by atoms with Gasteiger partial charge in [0.15, 0.2) is 0 Å². The van der Waals surface area contributed by atoms with Crippen LogP contribution in [0.25, 0.3) is 0 Å². The maximum atomic E-state index is 12.7. The number of hydrogen-bond donors (Lipinski definition) is 2. The van der Waals surface area contributed by atoms with E-state index in [0.29, 0.717) is 12.6 Å². The molecule has 1 aromatic rings. The topological polar surface area (TPSA) is 70.7 Å². The second-order valence-corrected chi connectivity index (χ2v) is 7.60. The van der Waals surface area contributed by atoms with Crippen LogP contribution in [0.4, 0.5) is 5.69 Å². The van der Waals surface area contributed by atoms with Crippen LogP contribution in [0.1, 0.15) is 51.4 Å². The highest BCUT2D eigenvalue weighted by molar-refractivity contribution is 5.95. The van der Waals surface area contributed by atoms with E-state index >= 15 is 0 Å². The van der Waals surface area contributed by atoms with E-state index < -0.39 is 0 Å². The molecule has 148 valence electrons. The number of nitrogens with zero attached hydrogens (tertiary/aromatic N) is 1. The smallest absolute Gasteiger partial charge is 0.241 e. The minimum absolute atomic E-state index is 0.0417. The van der Waals surface area contributed by atoms with E-state index in [2.05, 4.69) is 10.6 Å². The monoisotopic (exact) mass is 373 g/mol. The van der Waals surface area contributed by atoms with Crippen molar-refractivity contribution in [3.8, 4) is 5.75 Å². The van der Waals surface area contributed by atoms with Crippen LogP contribution in [-0.2, 0) is 9.59 Å². The molecule has 1 aliphatic heterocycles. The number of ether oxygens (including phenoxy) is 1. The van der Waals surface area contributed by atoms with E-state index in [4.69, 9.17) is 4.74 Å². The second-order valence-electron chi connectivity index (χ2n) is 7.60. The molecule has 1 saturated heterocycles. The predicted molar refractivity (Wildman–Crippen MR) is 106 cm³/mol. The van der Waals surface area contributed by atoms with Crippen molar-refractivity contribution in [1.29, 1.82) is 0 Å². The average Bonchev–Trinajstić information content (AvgIpc) is 2.97. The molecule has 1 atom stereocenters. The average molecular weight is 373 g/mol. The van der Waals surface area contributed by atoms with Gasteiger partial charge in [-0.25, -0.2) is 0 Å². The summed E-state index contributed by atoms with van der Waals surface area (Å²) in [4.78, 5) is 27.2. The van der Waals surface area contributed by atoms with Crippen LogP contribution in [-0.4, -0.2) is 49.0 Å². The van der Waals surface area contributed by atoms with Gasteiger partial charge in [0.05, 0.1) is 19.7 Å². The first kappa shape index (κ1) is 19.7. The van der Waals surface area contributed by atoms with Crippen molar-refractivity contribution < 1.29 is 14.3 Å². The van der Waals surface area contributed by atoms with Gasteiger partial charge in [-0.3, -0.25) is 14.5 Å². The van der Waals surface area contributed by atoms with Gasteiger partial charge in [-0.1, -0.05) is 25.7 Å². The van der Waals surface area contributed by atoms with Gasteiger partial charge in [0.1, 0.15) is 5.75 Å². The second kappa shape index (κ2) is 9.74. The van der Waals surface area contributed by atoms with E-state index in [1.54, 1.807) is 7.11 Å². The minimum Gasteiger partial charge on any atom is -0.497 e. The summed E-state index contributed by atoms with van der Waals surface area (Å²) in [5.41, 5.74) is 0.746. The van der Waals surface area contributed by atoms with Gasteiger partial charge in [0.25, 0.3) is 0 Å². The predicted octanol–water partition coefficient (Wildman–Crippen LogP) is 2.94. The quantitative estimate of drug-likeness (QED) is 0.752. The molecule has 1 aromatic carbocycles. The number of anilines is 1. The molecule has 3 rings (SSSR count). The number of carbonyl (C=O) groups is 2. The van der Waals surface area contributed by atoms with Crippen molar-refractivity contribution in [2.75, 3.05) is 25.5 Å². The van der Waals surface area contributed by atoms with Crippen molar-refractivity contribution in [2.45, 2.75) is 63.5 Å². The van der Waals surface area contributed by atoms with Crippen LogP contribution in [0.5, 0.6) is 5.75 Å². The number of benzene rings is 1. The van der Waals surface area contributed by atoms with Crippen molar-refractivity contribution >= 4 is 17.5 Å². The number of likely N-dealkylation sites (tertiary alicyclic amines) is 1. The molecule has 0 bridgehead atoms. The fourth-order valence-electron chi connectivity index (χ4n) is 4.09. The molecule has 2 aliphatic rings. The third-order valence-corrected chi connectivity index (χ3v) is 5.59. The molecule has 0 spiro atoms. The zero-order valence-corrected chi connectivity index (χ0v) is 16.2. The summed E-state index contributed by atoms with van der Waals surface area (Å²) in [5.74, 6) is 0.761. The summed E-state index contributed by atoms with van der Waals surface area (Å²) in [5, 5.41) is 6.14. The Labute approximate surface area is 161 Å². The first-order valence-corrected chi connectivity index (χ1v) is 10.1. The molecule has 2 amide bonds. The SMILES string of the molecule is COc1ccc(NC(=O)[C@H]2CCCN2CC(=O)NC2CCCCCC2)cc1. The Morgan fingerprint density at radius 2 is 1.74 bits per heavy atom. The number of nitrogens with one attached hydrogen (secondary N) is 2. The van der Waals surface area contributed by atoms with Gasteiger partial charge in [-0.05, 0) is 56.5 Å². The lowest BCUT2D eigenvalue weighted by atomic mass is 10.1. The van der Waals surface area contributed by atoms with E-state index in [-0.39, 0.29) is 17.9 Å². The molecule has 1 saturated carbocycles. The zero-order chi connectivity index (χ0) is 19.1. The van der Waals surface area contributed by atoms with Crippen LogP contribution in [0.15, 0.2) is 24.3 Å². The molecule has 27 heavy (non-hydrogen) atoms. The number of hydrogen-bond acceptors (Lipinski definition) is 4. The highest BCUT2D eigenvalue weighted by Crippen LogP contribution is 2.21. The standard InChI is InChI=1S/C21H31N3O3/c1-27-18-12-10-17(11-13-18)23-21(26)19-9-6-14-24(19)15-20(25)22-16-7-4-2-3-5-8-16/h10-13,16,19H,2-9,14-15H2,1H3,(H,22,25)(H,23,26)/t19-/m1/s1. The van der Waals surface area contributed by atoms with Gasteiger partial charge in [0, 0.05) is 11.7 Å². The molecular weight excluding hydrogens is 342 g/mol. The van der Waals surface area contributed by atoms with Gasteiger partial charge in [-0.15, -0.1) is 0 Å². The Morgan fingerprint density at radius 1 is 1.04 bits per heavy atom. The molecule has 1 aliphatic carbocycles. The summed E-state index contributed by atoms with van der Waals surface area (Å²) in [7, 11) is 1.62. The summed E-state index contributed by atoms with van der Waals surface area (Å²) < 4.78 is 5.14. The maximum absolute atomic E-state index is 12.7. The molecule has 0 aromatic heterocycles. The van der Waals surface area contributed by atoms with Crippen LogP contribution in [0.3, 0.4) is 0 Å². The molecule has 2 N–H and O–H groups in total. The van der Waals surface area contributed by atoms with Gasteiger partial charge < -0.3 is 15.4 Å². The van der Waals surface area contributed by atoms with Crippen molar-refractivity contribution in [1.82, 2.24) is 10.2 Å². The summed E-state index contributed by atoms with van der Waals surface area (Å²) in [6.07, 6.45) is 8.82. The van der Waals surface area contributed by atoms with E-state index in [9.17, 15) is 9.59 Å². The Kier molecular flexibility index (Phi) is 7.10. The number of carbonyl (C=O) groups excluding carboxylic acids is 2. The van der Waals surface area contributed by atoms with Crippen LogP contribution >= 0.6 is 0 Å². The fourth-order valence-corrected chi connectivity index (χ4v) is 4.09. The molecular formula is C21H31N3O3. The van der Waals surface area contributed by atoms with Crippen LogP contribution in [0, 0.1) is 0 Å². The molecule has 6 nitrogen and oxygen atoms in total. The Balaban J connectivity index is 1.50. The number of methoxy groups -OCH3 is 1. The number of rotatable bonds is 6. The van der Waals surface area contributed by atoms with E-state index in [1.165, 1.54) is 25.7 Å². The highest BCUT2D eigenvalue weighted by atomic mass is 16.5. The summed E-state index contributed by atoms with van der Waals surface area (Å²) >= 11 is 0. The highest BCUT2D eigenvalue weighted by Gasteiger charge is 2.32. The first-order chi connectivity index (χ1) is 13.2. The van der Waals surface area contributed by atoms with E-state index in [0.717, 1.165) is 43.7 Å². The van der Waals surface area contributed by atoms with Crippen molar-refractivity contribution in [2.24, 2.45) is 0 Å². The van der Waals surface area contributed by atoms with Crippen LogP contribution in [0.2, 0.25) is 0 Å². The maximum Gasteiger partial charge on any atom is 0.241 e. The Bertz CT molecular complexity index is 624.